The maximum absolute atomic E-state index is 13.0. The van der Waals surface area contributed by atoms with E-state index < -0.39 is 10.0 Å². The van der Waals surface area contributed by atoms with E-state index in [1.165, 1.54) is 18.2 Å². The van der Waals surface area contributed by atoms with Crippen molar-refractivity contribution in [2.45, 2.75) is 37.1 Å². The third kappa shape index (κ3) is 5.52. The number of carbonyl (C=O) groups excluding carboxylic acids is 2. The van der Waals surface area contributed by atoms with E-state index in [1.807, 2.05) is 0 Å². The second kappa shape index (κ2) is 9.49. The van der Waals surface area contributed by atoms with Crippen molar-refractivity contribution in [3.63, 3.8) is 0 Å². The van der Waals surface area contributed by atoms with Crippen molar-refractivity contribution in [1.82, 2.24) is 10.2 Å². The van der Waals surface area contributed by atoms with Crippen LogP contribution in [-0.4, -0.2) is 44.3 Å². The minimum atomic E-state index is -3.88. The SMILES string of the molecule is CCC(=O)NC1CCCN(C(=O)c2cccc(S(=O)(=O)Nc3cccc(Cl)c3)c2)C1. The van der Waals surface area contributed by atoms with Gasteiger partial charge in [-0.1, -0.05) is 30.7 Å². The summed E-state index contributed by atoms with van der Waals surface area (Å²) in [5.74, 6) is -0.306. The fourth-order valence-corrected chi connectivity index (χ4v) is 4.64. The second-order valence-electron chi connectivity index (χ2n) is 7.16. The Bertz CT molecular complexity index is 1040. The van der Waals surface area contributed by atoms with Crippen molar-refractivity contribution in [2.75, 3.05) is 17.8 Å². The van der Waals surface area contributed by atoms with Crippen LogP contribution in [0.2, 0.25) is 5.02 Å². The Balaban J connectivity index is 1.75. The summed E-state index contributed by atoms with van der Waals surface area (Å²) in [5, 5.41) is 3.33. The molecule has 2 aromatic carbocycles. The number of carbonyl (C=O) groups is 2. The Morgan fingerprint density at radius 3 is 2.67 bits per heavy atom. The van der Waals surface area contributed by atoms with Crippen LogP contribution < -0.4 is 10.0 Å². The molecular formula is C21H24ClN3O4S. The van der Waals surface area contributed by atoms with Gasteiger partial charge < -0.3 is 10.2 Å². The van der Waals surface area contributed by atoms with Crippen molar-refractivity contribution < 1.29 is 18.0 Å². The number of nitrogens with one attached hydrogen (secondary N) is 2. The fraction of sp³-hybridized carbons (Fsp3) is 0.333. The van der Waals surface area contributed by atoms with Crippen LogP contribution in [0.1, 0.15) is 36.5 Å². The lowest BCUT2D eigenvalue weighted by Crippen LogP contribution is -2.49. The Morgan fingerprint density at radius 1 is 1.17 bits per heavy atom. The van der Waals surface area contributed by atoms with Gasteiger partial charge in [0.25, 0.3) is 15.9 Å². The van der Waals surface area contributed by atoms with Crippen LogP contribution >= 0.6 is 11.6 Å². The van der Waals surface area contributed by atoms with Crippen molar-refractivity contribution in [3.05, 3.63) is 59.1 Å². The summed E-state index contributed by atoms with van der Waals surface area (Å²) in [6, 6.07) is 12.2. The van der Waals surface area contributed by atoms with E-state index in [9.17, 15) is 18.0 Å². The van der Waals surface area contributed by atoms with Crippen LogP contribution in [0.15, 0.2) is 53.4 Å². The zero-order valence-electron chi connectivity index (χ0n) is 16.6. The third-order valence-corrected chi connectivity index (χ3v) is 6.48. The predicted molar refractivity (Wildman–Crippen MR) is 116 cm³/mol. The molecule has 0 aromatic heterocycles. The van der Waals surface area contributed by atoms with E-state index in [0.29, 0.717) is 30.2 Å². The number of sulfonamides is 1. The topological polar surface area (TPSA) is 95.6 Å². The molecule has 0 aliphatic carbocycles. The largest absolute Gasteiger partial charge is 0.352 e. The van der Waals surface area contributed by atoms with Gasteiger partial charge >= 0.3 is 0 Å². The highest BCUT2D eigenvalue weighted by atomic mass is 35.5. The van der Waals surface area contributed by atoms with Gasteiger partial charge in [-0.15, -0.1) is 0 Å². The number of piperidine rings is 1. The van der Waals surface area contributed by atoms with Gasteiger partial charge in [-0.25, -0.2) is 8.42 Å². The van der Waals surface area contributed by atoms with Crippen LogP contribution in [0.25, 0.3) is 0 Å². The number of hydrogen-bond acceptors (Lipinski definition) is 4. The molecule has 2 N–H and O–H groups in total. The minimum Gasteiger partial charge on any atom is -0.352 e. The molecule has 9 heteroatoms. The average molecular weight is 450 g/mol. The van der Waals surface area contributed by atoms with Crippen molar-refractivity contribution in [2.24, 2.45) is 0 Å². The molecule has 0 spiro atoms. The van der Waals surface area contributed by atoms with E-state index in [2.05, 4.69) is 10.0 Å². The summed E-state index contributed by atoms with van der Waals surface area (Å²) in [4.78, 5) is 26.3. The molecule has 3 rings (SSSR count). The molecule has 2 aromatic rings. The molecule has 0 bridgehead atoms. The molecule has 0 saturated carbocycles. The second-order valence-corrected chi connectivity index (χ2v) is 9.27. The van der Waals surface area contributed by atoms with E-state index in [4.69, 9.17) is 11.6 Å². The first-order valence-corrected chi connectivity index (χ1v) is 11.6. The Hall–Kier alpha value is -2.58. The number of likely N-dealkylation sites (tertiary alicyclic amines) is 1. The first-order valence-electron chi connectivity index (χ1n) is 9.75. The Labute approximate surface area is 181 Å². The maximum Gasteiger partial charge on any atom is 0.261 e. The molecule has 160 valence electrons. The van der Waals surface area contributed by atoms with Gasteiger partial charge in [0.05, 0.1) is 10.6 Å². The predicted octanol–water partition coefficient (Wildman–Crippen LogP) is 3.27. The van der Waals surface area contributed by atoms with Crippen molar-refractivity contribution >= 4 is 39.1 Å². The molecule has 1 saturated heterocycles. The lowest BCUT2D eigenvalue weighted by molar-refractivity contribution is -0.121. The van der Waals surface area contributed by atoms with E-state index in [0.717, 1.165) is 12.8 Å². The van der Waals surface area contributed by atoms with Gasteiger partial charge in [0.1, 0.15) is 0 Å². The van der Waals surface area contributed by atoms with E-state index >= 15 is 0 Å². The summed E-state index contributed by atoms with van der Waals surface area (Å²) in [6.07, 6.45) is 1.98. The molecule has 1 aliphatic rings. The molecule has 1 fully saturated rings. The highest BCUT2D eigenvalue weighted by molar-refractivity contribution is 7.92. The van der Waals surface area contributed by atoms with Gasteiger partial charge in [0, 0.05) is 36.1 Å². The first-order chi connectivity index (χ1) is 14.3. The first kappa shape index (κ1) is 22.1. The maximum atomic E-state index is 13.0. The van der Waals surface area contributed by atoms with Gasteiger partial charge in [0.15, 0.2) is 0 Å². The van der Waals surface area contributed by atoms with Gasteiger partial charge in [0.2, 0.25) is 5.91 Å². The van der Waals surface area contributed by atoms with Gasteiger partial charge in [-0.3, -0.25) is 14.3 Å². The van der Waals surface area contributed by atoms with E-state index in [-0.39, 0.29) is 28.3 Å². The van der Waals surface area contributed by atoms with Crippen LogP contribution in [0.4, 0.5) is 5.69 Å². The molecule has 2 amide bonds. The summed E-state index contributed by atoms with van der Waals surface area (Å²) >= 11 is 5.91. The van der Waals surface area contributed by atoms with Crippen LogP contribution in [-0.2, 0) is 14.8 Å². The average Bonchev–Trinajstić information content (AvgIpc) is 2.73. The van der Waals surface area contributed by atoms with Crippen LogP contribution in [0.3, 0.4) is 0 Å². The molecule has 1 aliphatic heterocycles. The number of hydrogen-bond donors (Lipinski definition) is 2. The highest BCUT2D eigenvalue weighted by Crippen LogP contribution is 2.21. The molecule has 7 nitrogen and oxygen atoms in total. The molecule has 0 radical (unpaired) electrons. The van der Waals surface area contributed by atoms with Crippen LogP contribution in [0, 0.1) is 0 Å². The van der Waals surface area contributed by atoms with E-state index in [1.54, 1.807) is 42.2 Å². The molecule has 30 heavy (non-hydrogen) atoms. The molecular weight excluding hydrogens is 426 g/mol. The number of amides is 2. The monoisotopic (exact) mass is 449 g/mol. The minimum absolute atomic E-state index is 0.0128. The smallest absolute Gasteiger partial charge is 0.261 e. The normalized spacial score (nSPS) is 16.7. The quantitative estimate of drug-likeness (QED) is 0.707. The summed E-state index contributed by atoms with van der Waals surface area (Å²) in [7, 11) is -3.88. The van der Waals surface area contributed by atoms with Crippen molar-refractivity contribution in [1.29, 1.82) is 0 Å². The Kier molecular flexibility index (Phi) is 6.99. The zero-order valence-corrected chi connectivity index (χ0v) is 18.2. The highest BCUT2D eigenvalue weighted by Gasteiger charge is 2.26. The lowest BCUT2D eigenvalue weighted by atomic mass is 10.0. The molecule has 1 unspecified atom stereocenters. The van der Waals surface area contributed by atoms with Gasteiger partial charge in [-0.2, -0.15) is 0 Å². The Morgan fingerprint density at radius 2 is 1.93 bits per heavy atom. The van der Waals surface area contributed by atoms with Crippen LogP contribution in [0.5, 0.6) is 0 Å². The zero-order chi connectivity index (χ0) is 21.7. The standard InChI is InChI=1S/C21H24ClN3O4S/c1-2-20(26)23-18-9-5-11-25(14-18)21(27)15-6-3-10-19(12-15)30(28,29)24-17-8-4-7-16(22)13-17/h3-4,6-8,10,12-13,18,24H,2,5,9,11,14H2,1H3,(H,23,26). The third-order valence-electron chi connectivity index (χ3n) is 4.86. The number of nitrogens with zero attached hydrogens (tertiary/aromatic N) is 1. The summed E-state index contributed by atoms with van der Waals surface area (Å²) < 4.78 is 28.0. The number of benzene rings is 2. The molecule has 1 heterocycles. The summed E-state index contributed by atoms with van der Waals surface area (Å²) in [6.45, 7) is 2.75. The number of halogens is 1. The van der Waals surface area contributed by atoms with Gasteiger partial charge in [-0.05, 0) is 49.2 Å². The fourth-order valence-electron chi connectivity index (χ4n) is 3.35. The number of anilines is 1. The number of rotatable bonds is 6. The van der Waals surface area contributed by atoms with Crippen molar-refractivity contribution in [3.8, 4) is 0 Å². The summed E-state index contributed by atoms with van der Waals surface area (Å²) in [5.41, 5.74) is 0.621. The lowest BCUT2D eigenvalue weighted by Gasteiger charge is -2.33. The molecule has 1 atom stereocenters.